The maximum atomic E-state index is 9.29. The van der Waals surface area contributed by atoms with Crippen LogP contribution in [-0.2, 0) is 13.4 Å². The van der Waals surface area contributed by atoms with Gasteiger partial charge < -0.3 is 24.0 Å². The molecule has 9 heteroatoms. The molecule has 0 aliphatic rings. The Balaban J connectivity index is -0.000000163. The van der Waals surface area contributed by atoms with Gasteiger partial charge in [0.1, 0.15) is 16.5 Å². The first-order valence-electron chi connectivity index (χ1n) is 3.75. The third kappa shape index (κ3) is 29.2. The largest absolute Gasteiger partial charge is 2.00 e. The number of hydrogen-bond acceptors (Lipinski definition) is 6. The van der Waals surface area contributed by atoms with Crippen molar-refractivity contribution in [1.29, 1.82) is 0 Å². The van der Waals surface area contributed by atoms with Crippen LogP contribution in [0.1, 0.15) is 26.2 Å². The second kappa shape index (κ2) is 17.3. The van der Waals surface area contributed by atoms with Crippen LogP contribution in [0, 0.1) is 0 Å². The van der Waals surface area contributed by atoms with E-state index in [9.17, 15) is 18.9 Å². The summed E-state index contributed by atoms with van der Waals surface area (Å²) in [5.41, 5.74) is 0. The molecule has 0 amide bonds. The molecule has 1 N–H and O–H groups in total. The van der Waals surface area contributed by atoms with Gasteiger partial charge in [-0.3, -0.25) is 4.31 Å². The van der Waals surface area contributed by atoms with Crippen LogP contribution < -0.4 is 9.79 Å². The Morgan fingerprint density at radius 3 is 1.71 bits per heavy atom. The van der Waals surface area contributed by atoms with Crippen LogP contribution in [0.4, 0.5) is 0 Å². The van der Waals surface area contributed by atoms with Crippen LogP contribution in [0.3, 0.4) is 0 Å². The molecule has 0 bridgehead atoms. The summed E-state index contributed by atoms with van der Waals surface area (Å²) in [6, 6.07) is 0. The molecule has 6 nitrogen and oxygen atoms in total. The molecule has 2 atom stereocenters. The zero-order valence-electron chi connectivity index (χ0n) is 8.02. The molecule has 0 aliphatic carbocycles. The molecule has 0 saturated carbocycles. The van der Waals surface area contributed by atoms with Gasteiger partial charge in [0.05, 0.1) is 0 Å². The molecule has 0 aromatic heterocycles. The van der Waals surface area contributed by atoms with Crippen molar-refractivity contribution in [1.82, 2.24) is 0 Å². The first-order chi connectivity index (χ1) is 6.04. The summed E-state index contributed by atoms with van der Waals surface area (Å²) in [7, 11) is -7.03. The zero-order valence-corrected chi connectivity index (χ0v) is 14.5. The topological polar surface area (TPSA) is 110 Å². The molecule has 0 spiro atoms. The average molecular weight is 369 g/mol. The molecule has 0 fully saturated rings. The zero-order chi connectivity index (χ0) is 10.7. The molecule has 14 heavy (non-hydrogen) atoms. The molecule has 2 unspecified atom stereocenters. The van der Waals surface area contributed by atoms with Crippen molar-refractivity contribution in [2.24, 2.45) is 0 Å². The summed E-state index contributed by atoms with van der Waals surface area (Å²) in [6.45, 7) is 2.48. The molecule has 0 heterocycles. The standard InChI is InChI=1S/C5H12O.Ba.H4O5P2/c1-2-3-4-5-6;;1-6(2)5-7(3)4/h6H,2-5H2,1H3;;6-7H,(H,1,2)(H,3,4)/q;+2;/p-2. The molecule has 0 saturated heterocycles. The smallest absolute Gasteiger partial charge is 0.781 e. The molecule has 0 aromatic rings. The summed E-state index contributed by atoms with van der Waals surface area (Å²) in [4.78, 5) is 18.6. The van der Waals surface area contributed by atoms with Gasteiger partial charge in [0.25, 0.3) is 0 Å². The minimum Gasteiger partial charge on any atom is -0.781 e. The Morgan fingerprint density at radius 1 is 1.21 bits per heavy atom. The second-order valence-electron chi connectivity index (χ2n) is 2.03. The number of hydrogen-bond donors (Lipinski definition) is 1. The van der Waals surface area contributed by atoms with Crippen molar-refractivity contribution >= 4 is 65.4 Å². The van der Waals surface area contributed by atoms with Crippen LogP contribution in [0.15, 0.2) is 0 Å². The van der Waals surface area contributed by atoms with Crippen molar-refractivity contribution in [3.8, 4) is 0 Å². The van der Waals surface area contributed by atoms with Crippen LogP contribution in [0.25, 0.3) is 0 Å². The Bertz CT molecular complexity index is 139. The maximum Gasteiger partial charge on any atom is 2.00 e. The molecule has 0 radical (unpaired) electrons. The summed E-state index contributed by atoms with van der Waals surface area (Å²) in [5, 5.41) is 8.20. The van der Waals surface area contributed by atoms with Crippen molar-refractivity contribution in [2.45, 2.75) is 26.2 Å². The average Bonchev–Trinajstić information content (AvgIpc) is 1.99. The monoisotopic (exact) mass is 370 g/mol. The molecule has 0 aromatic carbocycles. The molecule has 0 rings (SSSR count). The Labute approximate surface area is 125 Å². The Kier molecular flexibility index (Phi) is 26.1. The van der Waals surface area contributed by atoms with Gasteiger partial charge in [0, 0.05) is 6.61 Å². The second-order valence-corrected chi connectivity index (χ2v) is 3.85. The normalized spacial score (nSPS) is 13.1. The van der Waals surface area contributed by atoms with Gasteiger partial charge in [-0.25, -0.2) is 0 Å². The van der Waals surface area contributed by atoms with Gasteiger partial charge in [-0.1, -0.05) is 19.8 Å². The predicted molar refractivity (Wildman–Crippen MR) is 51.5 cm³/mol. The van der Waals surface area contributed by atoms with E-state index in [2.05, 4.69) is 11.2 Å². The minimum absolute atomic E-state index is 0. The van der Waals surface area contributed by atoms with Gasteiger partial charge in [0.15, 0.2) is 0 Å². The fourth-order valence-electron chi connectivity index (χ4n) is 0.430. The van der Waals surface area contributed by atoms with E-state index >= 15 is 0 Å². The summed E-state index contributed by atoms with van der Waals surface area (Å²) in [5.74, 6) is 0. The fourth-order valence-corrected chi connectivity index (χ4v) is 0.974. The number of rotatable bonds is 5. The predicted octanol–water partition coefficient (Wildman–Crippen LogP) is -0.709. The fraction of sp³-hybridized carbons (Fsp3) is 1.00. The van der Waals surface area contributed by atoms with Crippen molar-refractivity contribution in [2.75, 3.05) is 6.61 Å². The molecular formula is C5H14BaO6P2. The van der Waals surface area contributed by atoms with Crippen molar-refractivity contribution in [3.63, 3.8) is 0 Å². The van der Waals surface area contributed by atoms with E-state index in [0.717, 1.165) is 12.8 Å². The van der Waals surface area contributed by atoms with E-state index in [0.29, 0.717) is 6.61 Å². The molecular weight excluding hydrogens is 355 g/mol. The third-order valence-corrected chi connectivity index (χ3v) is 2.26. The Morgan fingerprint density at radius 2 is 1.64 bits per heavy atom. The van der Waals surface area contributed by atoms with Gasteiger partial charge >= 0.3 is 48.9 Å². The SMILES string of the molecule is CCCCCO.O=[PH]([O-])O[PH](=O)[O-].[Ba+2]. The van der Waals surface area contributed by atoms with Crippen molar-refractivity contribution < 1.29 is 28.3 Å². The summed E-state index contributed by atoms with van der Waals surface area (Å²) < 4.78 is 21.8. The van der Waals surface area contributed by atoms with Crippen LogP contribution in [0.5, 0.6) is 0 Å². The van der Waals surface area contributed by atoms with Crippen LogP contribution >= 0.6 is 16.5 Å². The van der Waals surface area contributed by atoms with Gasteiger partial charge in [-0.05, 0) is 6.42 Å². The first kappa shape index (κ1) is 21.2. The number of unbranched alkanes of at least 4 members (excludes halogenated alkanes) is 2. The van der Waals surface area contributed by atoms with Gasteiger partial charge in [-0.2, -0.15) is 0 Å². The van der Waals surface area contributed by atoms with Crippen LogP contribution in [-0.4, -0.2) is 60.6 Å². The van der Waals surface area contributed by atoms with Gasteiger partial charge in [0.2, 0.25) is 0 Å². The summed E-state index contributed by atoms with van der Waals surface area (Å²) in [6.07, 6.45) is 3.33. The molecule has 82 valence electrons. The first-order valence-corrected chi connectivity index (χ1v) is 6.20. The van der Waals surface area contributed by atoms with Gasteiger partial charge in [-0.15, -0.1) is 0 Å². The van der Waals surface area contributed by atoms with E-state index in [1.165, 1.54) is 6.42 Å². The Hall–Kier alpha value is 1.87. The molecule has 0 aliphatic heterocycles. The van der Waals surface area contributed by atoms with E-state index < -0.39 is 16.5 Å². The number of aliphatic hydroxyl groups is 1. The third-order valence-electron chi connectivity index (χ3n) is 0.928. The van der Waals surface area contributed by atoms with Crippen LogP contribution in [0.2, 0.25) is 0 Å². The number of aliphatic hydroxyl groups excluding tert-OH is 1. The van der Waals surface area contributed by atoms with Crippen molar-refractivity contribution in [3.05, 3.63) is 0 Å². The van der Waals surface area contributed by atoms with E-state index in [-0.39, 0.29) is 48.9 Å². The summed E-state index contributed by atoms with van der Waals surface area (Å²) >= 11 is 0. The van der Waals surface area contributed by atoms with E-state index in [1.54, 1.807) is 0 Å². The van der Waals surface area contributed by atoms with E-state index in [4.69, 9.17) is 5.11 Å². The maximum absolute atomic E-state index is 9.29. The quantitative estimate of drug-likeness (QED) is 0.389. The minimum atomic E-state index is -3.51. The van der Waals surface area contributed by atoms with E-state index in [1.807, 2.05) is 0 Å².